The smallest absolute Gasteiger partial charge is 0.261 e. The summed E-state index contributed by atoms with van der Waals surface area (Å²) in [6.07, 6.45) is 0.521. The average molecular weight is 375 g/mol. The zero-order valence-corrected chi connectivity index (χ0v) is 16.6. The molecule has 2 aromatic rings. The SMILES string of the molecule is Cc1ccc(C)c(O[C@@H](C)C(=O)N[C@@H](C)c2ccc(S(C)(=O)=O)cc2)c1. The second-order valence-electron chi connectivity index (χ2n) is 6.60. The van der Waals surface area contributed by atoms with Crippen molar-refractivity contribution >= 4 is 15.7 Å². The van der Waals surface area contributed by atoms with Crippen molar-refractivity contribution in [2.75, 3.05) is 6.26 Å². The van der Waals surface area contributed by atoms with Crippen molar-refractivity contribution in [1.82, 2.24) is 5.32 Å². The van der Waals surface area contributed by atoms with Crippen LogP contribution in [-0.4, -0.2) is 26.7 Å². The maximum Gasteiger partial charge on any atom is 0.261 e. The van der Waals surface area contributed by atoms with Crippen LogP contribution in [0, 0.1) is 13.8 Å². The first-order valence-corrected chi connectivity index (χ1v) is 10.3. The minimum absolute atomic E-state index is 0.231. The zero-order chi connectivity index (χ0) is 19.5. The van der Waals surface area contributed by atoms with Gasteiger partial charge in [-0.05, 0) is 62.6 Å². The van der Waals surface area contributed by atoms with E-state index in [0.29, 0.717) is 5.75 Å². The molecule has 26 heavy (non-hydrogen) atoms. The lowest BCUT2D eigenvalue weighted by Gasteiger charge is -2.20. The Labute approximate surface area is 155 Å². The summed E-state index contributed by atoms with van der Waals surface area (Å²) < 4.78 is 28.8. The molecular formula is C20H25NO4S. The molecule has 0 radical (unpaired) electrons. The van der Waals surface area contributed by atoms with Gasteiger partial charge in [-0.2, -0.15) is 0 Å². The molecule has 0 aliphatic heterocycles. The minimum Gasteiger partial charge on any atom is -0.481 e. The van der Waals surface area contributed by atoms with Crippen LogP contribution in [0.2, 0.25) is 0 Å². The highest BCUT2D eigenvalue weighted by molar-refractivity contribution is 7.90. The van der Waals surface area contributed by atoms with Gasteiger partial charge in [0.15, 0.2) is 15.9 Å². The van der Waals surface area contributed by atoms with Crippen molar-refractivity contribution in [3.8, 4) is 5.75 Å². The van der Waals surface area contributed by atoms with Crippen LogP contribution in [0.1, 0.15) is 36.6 Å². The normalized spacial score (nSPS) is 13.7. The van der Waals surface area contributed by atoms with E-state index >= 15 is 0 Å². The van der Waals surface area contributed by atoms with Crippen molar-refractivity contribution < 1.29 is 17.9 Å². The Morgan fingerprint density at radius 2 is 1.65 bits per heavy atom. The van der Waals surface area contributed by atoms with Crippen molar-refractivity contribution in [3.63, 3.8) is 0 Å². The Morgan fingerprint density at radius 1 is 1.04 bits per heavy atom. The lowest BCUT2D eigenvalue weighted by molar-refractivity contribution is -0.127. The van der Waals surface area contributed by atoms with Gasteiger partial charge in [0.2, 0.25) is 0 Å². The molecule has 0 aromatic heterocycles. The Hall–Kier alpha value is -2.34. The van der Waals surface area contributed by atoms with E-state index in [1.165, 1.54) is 6.26 Å². The molecule has 2 aromatic carbocycles. The Kier molecular flexibility index (Phi) is 6.08. The van der Waals surface area contributed by atoms with E-state index in [-0.39, 0.29) is 16.8 Å². The van der Waals surface area contributed by atoms with Crippen molar-refractivity contribution in [2.24, 2.45) is 0 Å². The van der Waals surface area contributed by atoms with E-state index in [2.05, 4.69) is 5.32 Å². The molecule has 0 saturated heterocycles. The number of rotatable bonds is 6. The molecule has 0 spiro atoms. The molecule has 140 valence electrons. The monoisotopic (exact) mass is 375 g/mol. The van der Waals surface area contributed by atoms with Crippen LogP contribution in [0.25, 0.3) is 0 Å². The first-order valence-electron chi connectivity index (χ1n) is 8.42. The minimum atomic E-state index is -3.23. The molecule has 2 rings (SSSR count). The molecule has 1 amide bonds. The topological polar surface area (TPSA) is 72.5 Å². The third kappa shape index (κ3) is 5.08. The lowest BCUT2D eigenvalue weighted by Crippen LogP contribution is -2.37. The van der Waals surface area contributed by atoms with Crippen LogP contribution in [0.15, 0.2) is 47.4 Å². The largest absolute Gasteiger partial charge is 0.481 e. The molecule has 0 bridgehead atoms. The average Bonchev–Trinajstić information content (AvgIpc) is 2.57. The summed E-state index contributed by atoms with van der Waals surface area (Å²) >= 11 is 0. The Morgan fingerprint density at radius 3 is 2.23 bits per heavy atom. The van der Waals surface area contributed by atoms with Gasteiger partial charge in [-0.15, -0.1) is 0 Å². The number of sulfone groups is 1. The number of carbonyl (C=O) groups excluding carboxylic acids is 1. The van der Waals surface area contributed by atoms with Gasteiger partial charge in [-0.1, -0.05) is 24.3 Å². The third-order valence-electron chi connectivity index (χ3n) is 4.18. The molecule has 2 atom stereocenters. The molecule has 0 fully saturated rings. The molecule has 0 aliphatic carbocycles. The summed E-state index contributed by atoms with van der Waals surface area (Å²) in [6, 6.07) is 12.1. The summed E-state index contributed by atoms with van der Waals surface area (Å²) in [7, 11) is -3.23. The molecular weight excluding hydrogens is 350 g/mol. The highest BCUT2D eigenvalue weighted by Gasteiger charge is 2.19. The molecule has 1 N–H and O–H groups in total. The summed E-state index contributed by atoms with van der Waals surface area (Å²) in [5.41, 5.74) is 2.86. The van der Waals surface area contributed by atoms with Crippen LogP contribution in [0.5, 0.6) is 5.75 Å². The van der Waals surface area contributed by atoms with Crippen molar-refractivity contribution in [2.45, 2.75) is 44.7 Å². The molecule has 6 heteroatoms. The first kappa shape index (κ1) is 20.0. The second kappa shape index (κ2) is 7.91. The zero-order valence-electron chi connectivity index (χ0n) is 15.7. The van der Waals surface area contributed by atoms with Gasteiger partial charge in [0, 0.05) is 6.26 Å². The van der Waals surface area contributed by atoms with Gasteiger partial charge in [0.05, 0.1) is 10.9 Å². The number of amides is 1. The Bertz CT molecular complexity index is 889. The fourth-order valence-electron chi connectivity index (χ4n) is 2.50. The predicted molar refractivity (Wildman–Crippen MR) is 102 cm³/mol. The van der Waals surface area contributed by atoms with E-state index in [0.717, 1.165) is 16.7 Å². The van der Waals surface area contributed by atoms with Crippen LogP contribution >= 0.6 is 0 Å². The maximum absolute atomic E-state index is 12.4. The lowest BCUT2D eigenvalue weighted by atomic mass is 10.1. The number of ether oxygens (including phenoxy) is 1. The van der Waals surface area contributed by atoms with E-state index in [1.54, 1.807) is 31.2 Å². The Balaban J connectivity index is 2.02. The summed E-state index contributed by atoms with van der Waals surface area (Å²) in [6.45, 7) is 7.46. The molecule has 0 aliphatic rings. The van der Waals surface area contributed by atoms with E-state index in [1.807, 2.05) is 39.0 Å². The number of hydrogen-bond donors (Lipinski definition) is 1. The molecule has 0 unspecified atom stereocenters. The maximum atomic E-state index is 12.4. The fourth-order valence-corrected chi connectivity index (χ4v) is 3.13. The summed E-state index contributed by atoms with van der Waals surface area (Å²) in [4.78, 5) is 12.7. The van der Waals surface area contributed by atoms with Crippen LogP contribution in [0.4, 0.5) is 0 Å². The summed E-state index contributed by atoms with van der Waals surface area (Å²) in [5.74, 6) is 0.461. The van der Waals surface area contributed by atoms with E-state index in [4.69, 9.17) is 4.74 Å². The van der Waals surface area contributed by atoms with E-state index in [9.17, 15) is 13.2 Å². The first-order chi connectivity index (χ1) is 12.1. The van der Waals surface area contributed by atoms with Gasteiger partial charge in [-0.3, -0.25) is 4.79 Å². The number of hydrogen-bond acceptors (Lipinski definition) is 4. The van der Waals surface area contributed by atoms with Crippen LogP contribution < -0.4 is 10.1 Å². The standard InChI is InChI=1S/C20H25NO4S/c1-13-6-7-14(2)19(12-13)25-16(4)20(22)21-15(3)17-8-10-18(11-9-17)26(5,23)24/h6-12,15-16H,1-5H3,(H,21,22)/t15-,16-/m0/s1. The van der Waals surface area contributed by atoms with Crippen LogP contribution in [-0.2, 0) is 14.6 Å². The van der Waals surface area contributed by atoms with Crippen molar-refractivity contribution in [1.29, 1.82) is 0 Å². The van der Waals surface area contributed by atoms with Gasteiger partial charge in [0.1, 0.15) is 5.75 Å². The highest BCUT2D eigenvalue weighted by Crippen LogP contribution is 2.21. The predicted octanol–water partition coefficient (Wildman–Crippen LogP) is 3.35. The molecule has 0 saturated carbocycles. The number of aryl methyl sites for hydroxylation is 2. The molecule has 0 heterocycles. The quantitative estimate of drug-likeness (QED) is 0.840. The summed E-state index contributed by atoms with van der Waals surface area (Å²) in [5, 5.41) is 2.90. The van der Waals surface area contributed by atoms with Crippen LogP contribution in [0.3, 0.4) is 0 Å². The van der Waals surface area contributed by atoms with E-state index < -0.39 is 15.9 Å². The van der Waals surface area contributed by atoms with Gasteiger partial charge in [-0.25, -0.2) is 8.42 Å². The second-order valence-corrected chi connectivity index (χ2v) is 8.62. The number of nitrogens with one attached hydrogen (secondary N) is 1. The third-order valence-corrected chi connectivity index (χ3v) is 5.31. The fraction of sp³-hybridized carbons (Fsp3) is 0.350. The highest BCUT2D eigenvalue weighted by atomic mass is 32.2. The number of benzene rings is 2. The molecule has 5 nitrogen and oxygen atoms in total. The van der Waals surface area contributed by atoms with Gasteiger partial charge in [0.25, 0.3) is 5.91 Å². The van der Waals surface area contributed by atoms with Gasteiger partial charge < -0.3 is 10.1 Å². The van der Waals surface area contributed by atoms with Crippen molar-refractivity contribution in [3.05, 3.63) is 59.2 Å². The number of carbonyl (C=O) groups is 1. The van der Waals surface area contributed by atoms with Gasteiger partial charge >= 0.3 is 0 Å².